The number of rotatable bonds is 4. The van der Waals surface area contributed by atoms with Crippen molar-refractivity contribution in [2.45, 2.75) is 20.0 Å². The van der Waals surface area contributed by atoms with Crippen molar-refractivity contribution in [3.63, 3.8) is 0 Å². The van der Waals surface area contributed by atoms with Gasteiger partial charge in [-0.15, -0.1) is 0 Å². The third-order valence-corrected chi connectivity index (χ3v) is 4.32. The molecule has 1 saturated heterocycles. The van der Waals surface area contributed by atoms with Crippen LogP contribution in [0.5, 0.6) is 0 Å². The van der Waals surface area contributed by atoms with Gasteiger partial charge in [0.25, 0.3) is 0 Å². The van der Waals surface area contributed by atoms with Gasteiger partial charge in [0.05, 0.1) is 17.9 Å². The fourth-order valence-electron chi connectivity index (χ4n) is 3.11. The summed E-state index contributed by atoms with van der Waals surface area (Å²) in [6.07, 6.45) is 4.17. The molecule has 3 aromatic heterocycles. The minimum Gasteiger partial charge on any atom is -0.360 e. The molecule has 4 rings (SSSR count). The highest BCUT2D eigenvalue weighted by Gasteiger charge is 2.19. The summed E-state index contributed by atoms with van der Waals surface area (Å²) in [6.45, 7) is 7.93. The molecule has 23 heavy (non-hydrogen) atoms. The molecule has 6 heteroatoms. The molecule has 1 aliphatic rings. The maximum Gasteiger partial charge on any atom is 0.150 e. The number of nitrogens with zero attached hydrogens (tertiary/aromatic N) is 5. The first-order valence-corrected chi connectivity index (χ1v) is 8.06. The Morgan fingerprint density at radius 3 is 2.57 bits per heavy atom. The average molecular weight is 311 g/mol. The van der Waals surface area contributed by atoms with Gasteiger partial charge in [0.2, 0.25) is 0 Å². The molecule has 0 spiro atoms. The third-order valence-electron chi connectivity index (χ3n) is 4.32. The normalized spacial score (nSPS) is 17.1. The fraction of sp³-hybridized carbons (Fsp3) is 0.412. The van der Waals surface area contributed by atoms with Crippen LogP contribution in [0, 0.1) is 6.92 Å². The zero-order valence-electron chi connectivity index (χ0n) is 13.4. The van der Waals surface area contributed by atoms with E-state index >= 15 is 0 Å². The Hall–Kier alpha value is -2.18. The maximum atomic E-state index is 5.31. The van der Waals surface area contributed by atoms with Gasteiger partial charge >= 0.3 is 0 Å². The second-order valence-electron chi connectivity index (χ2n) is 6.19. The summed E-state index contributed by atoms with van der Waals surface area (Å²) in [6, 6.07) is 8.11. The Labute approximate surface area is 135 Å². The van der Waals surface area contributed by atoms with E-state index in [1.165, 1.54) is 0 Å². The minimum absolute atomic E-state index is 0.850. The van der Waals surface area contributed by atoms with Gasteiger partial charge in [0.15, 0.2) is 5.76 Å². The highest BCUT2D eigenvalue weighted by Crippen LogP contribution is 2.12. The van der Waals surface area contributed by atoms with Crippen LogP contribution in [0.1, 0.15) is 17.1 Å². The predicted octanol–water partition coefficient (Wildman–Crippen LogP) is 1.95. The van der Waals surface area contributed by atoms with E-state index in [1.54, 1.807) is 0 Å². The number of pyridine rings is 1. The first kappa shape index (κ1) is 14.4. The number of imidazole rings is 1. The van der Waals surface area contributed by atoms with Gasteiger partial charge < -0.3 is 8.92 Å². The highest BCUT2D eigenvalue weighted by molar-refractivity contribution is 5.39. The first-order chi connectivity index (χ1) is 11.3. The van der Waals surface area contributed by atoms with Crippen molar-refractivity contribution in [1.82, 2.24) is 24.3 Å². The molecule has 0 N–H and O–H groups in total. The van der Waals surface area contributed by atoms with E-state index in [0.29, 0.717) is 0 Å². The van der Waals surface area contributed by atoms with E-state index in [2.05, 4.69) is 30.5 Å². The van der Waals surface area contributed by atoms with Crippen LogP contribution < -0.4 is 0 Å². The molecule has 0 aromatic carbocycles. The molecule has 3 aromatic rings. The molecule has 1 fully saturated rings. The number of piperazine rings is 1. The molecule has 120 valence electrons. The molecule has 0 bridgehead atoms. The van der Waals surface area contributed by atoms with Gasteiger partial charge in [0.1, 0.15) is 5.65 Å². The van der Waals surface area contributed by atoms with Crippen LogP contribution >= 0.6 is 0 Å². The molecule has 1 aliphatic heterocycles. The molecule has 6 nitrogen and oxygen atoms in total. The standard InChI is InChI=1S/C17H21N5O/c1-14-10-16(23-19-14)13-21-8-6-20(7-9-21)11-15-12-22-5-3-2-4-17(22)18-15/h2-5,10,12H,6-9,11,13H2,1H3. The van der Waals surface area contributed by atoms with Crippen molar-refractivity contribution in [2.75, 3.05) is 26.2 Å². The number of aromatic nitrogens is 3. The Bertz CT molecular complexity index is 752. The Balaban J connectivity index is 1.32. The van der Waals surface area contributed by atoms with Gasteiger partial charge in [-0.05, 0) is 19.1 Å². The number of hydrogen-bond donors (Lipinski definition) is 0. The summed E-state index contributed by atoms with van der Waals surface area (Å²) in [5.41, 5.74) is 3.10. The molecule has 0 unspecified atom stereocenters. The maximum absolute atomic E-state index is 5.31. The van der Waals surface area contributed by atoms with Crippen LogP contribution in [0.3, 0.4) is 0 Å². The molecule has 0 saturated carbocycles. The molecular formula is C17H21N5O. The zero-order valence-corrected chi connectivity index (χ0v) is 13.4. The quantitative estimate of drug-likeness (QED) is 0.737. The average Bonchev–Trinajstić information content (AvgIpc) is 3.14. The largest absolute Gasteiger partial charge is 0.360 e. The molecule has 4 heterocycles. The summed E-state index contributed by atoms with van der Waals surface area (Å²) in [4.78, 5) is 9.56. The Morgan fingerprint density at radius 1 is 1.09 bits per heavy atom. The molecule has 0 atom stereocenters. The predicted molar refractivity (Wildman–Crippen MR) is 87.0 cm³/mol. The van der Waals surface area contributed by atoms with Crippen LogP contribution in [0.25, 0.3) is 5.65 Å². The van der Waals surface area contributed by atoms with Gasteiger partial charge in [-0.25, -0.2) is 4.98 Å². The minimum atomic E-state index is 0.850. The molecular weight excluding hydrogens is 290 g/mol. The van der Waals surface area contributed by atoms with Crippen molar-refractivity contribution in [2.24, 2.45) is 0 Å². The Kier molecular flexibility index (Phi) is 3.85. The van der Waals surface area contributed by atoms with Gasteiger partial charge in [-0.1, -0.05) is 11.2 Å². The highest BCUT2D eigenvalue weighted by atomic mass is 16.5. The van der Waals surface area contributed by atoms with E-state index in [0.717, 1.165) is 62.1 Å². The monoisotopic (exact) mass is 311 g/mol. The second kappa shape index (κ2) is 6.14. The fourth-order valence-corrected chi connectivity index (χ4v) is 3.11. The van der Waals surface area contributed by atoms with Gasteiger partial charge in [-0.2, -0.15) is 0 Å². The van der Waals surface area contributed by atoms with Crippen LogP contribution in [0.2, 0.25) is 0 Å². The lowest BCUT2D eigenvalue weighted by molar-refractivity contribution is 0.113. The van der Waals surface area contributed by atoms with Crippen LogP contribution in [0.15, 0.2) is 41.2 Å². The zero-order chi connectivity index (χ0) is 15.6. The number of hydrogen-bond acceptors (Lipinski definition) is 5. The van der Waals surface area contributed by atoms with Crippen molar-refractivity contribution in [3.05, 3.63) is 53.8 Å². The lowest BCUT2D eigenvalue weighted by Crippen LogP contribution is -2.45. The lowest BCUT2D eigenvalue weighted by Gasteiger charge is -2.33. The van der Waals surface area contributed by atoms with E-state index < -0.39 is 0 Å². The number of fused-ring (bicyclic) bond motifs is 1. The summed E-state index contributed by atoms with van der Waals surface area (Å²) in [5.74, 6) is 0.955. The van der Waals surface area contributed by atoms with E-state index in [-0.39, 0.29) is 0 Å². The SMILES string of the molecule is Cc1cc(CN2CCN(Cc3cn4ccccc4n3)CC2)on1. The smallest absolute Gasteiger partial charge is 0.150 e. The van der Waals surface area contributed by atoms with E-state index in [4.69, 9.17) is 4.52 Å². The summed E-state index contributed by atoms with van der Waals surface area (Å²) in [7, 11) is 0. The Morgan fingerprint density at radius 2 is 1.87 bits per heavy atom. The van der Waals surface area contributed by atoms with Gasteiger partial charge in [0, 0.05) is 51.2 Å². The van der Waals surface area contributed by atoms with Crippen LogP contribution in [-0.2, 0) is 13.1 Å². The van der Waals surface area contributed by atoms with Crippen molar-refractivity contribution in [3.8, 4) is 0 Å². The molecule has 0 amide bonds. The lowest BCUT2D eigenvalue weighted by atomic mass is 10.2. The molecule has 0 aliphatic carbocycles. The first-order valence-electron chi connectivity index (χ1n) is 8.06. The summed E-state index contributed by atoms with van der Waals surface area (Å²) in [5, 5.41) is 3.95. The van der Waals surface area contributed by atoms with Crippen molar-refractivity contribution < 1.29 is 4.52 Å². The summed E-state index contributed by atoms with van der Waals surface area (Å²) >= 11 is 0. The van der Waals surface area contributed by atoms with Crippen LogP contribution in [-0.4, -0.2) is 50.5 Å². The number of aryl methyl sites for hydroxylation is 1. The van der Waals surface area contributed by atoms with Gasteiger partial charge in [-0.3, -0.25) is 9.80 Å². The summed E-state index contributed by atoms with van der Waals surface area (Å²) < 4.78 is 7.39. The van der Waals surface area contributed by atoms with Crippen molar-refractivity contribution in [1.29, 1.82) is 0 Å². The van der Waals surface area contributed by atoms with E-state index in [9.17, 15) is 0 Å². The topological polar surface area (TPSA) is 49.8 Å². The second-order valence-corrected chi connectivity index (χ2v) is 6.19. The molecule has 0 radical (unpaired) electrons. The third kappa shape index (κ3) is 3.28. The van der Waals surface area contributed by atoms with Crippen molar-refractivity contribution >= 4 is 5.65 Å². The van der Waals surface area contributed by atoms with E-state index in [1.807, 2.05) is 37.4 Å². The van der Waals surface area contributed by atoms with Crippen LogP contribution in [0.4, 0.5) is 0 Å².